The molecule has 0 amide bonds. The van der Waals surface area contributed by atoms with Crippen LogP contribution in [0, 0.1) is 5.82 Å². The van der Waals surface area contributed by atoms with E-state index in [1.165, 1.54) is 38.2 Å². The third-order valence-corrected chi connectivity index (χ3v) is 4.29. The smallest absolute Gasteiger partial charge is 0.129 e. The maximum Gasteiger partial charge on any atom is 0.129 e. The molecule has 2 fully saturated rings. The molecule has 1 atom stereocenters. The van der Waals surface area contributed by atoms with Gasteiger partial charge in [-0.1, -0.05) is 37.5 Å². The van der Waals surface area contributed by atoms with E-state index in [4.69, 9.17) is 4.74 Å². The fourth-order valence-electron chi connectivity index (χ4n) is 3.16. The molecule has 18 heavy (non-hydrogen) atoms. The molecule has 3 rings (SSSR count). The van der Waals surface area contributed by atoms with Crippen LogP contribution >= 0.6 is 0 Å². The zero-order valence-corrected chi connectivity index (χ0v) is 10.6. The first kappa shape index (κ1) is 12.1. The van der Waals surface area contributed by atoms with Gasteiger partial charge in [0.05, 0.1) is 12.7 Å². The number of morpholine rings is 1. The monoisotopic (exact) mass is 249 g/mol. The van der Waals surface area contributed by atoms with E-state index in [0.717, 1.165) is 6.54 Å². The second-order valence-corrected chi connectivity index (χ2v) is 5.54. The minimum atomic E-state index is -0.163. The molecule has 1 aromatic carbocycles. The highest BCUT2D eigenvalue weighted by atomic mass is 19.1. The summed E-state index contributed by atoms with van der Waals surface area (Å²) in [6, 6.07) is 6.91. The Labute approximate surface area is 108 Å². The molecule has 2 aliphatic rings. The van der Waals surface area contributed by atoms with Gasteiger partial charge in [-0.25, -0.2) is 4.39 Å². The molecule has 1 aromatic rings. The Morgan fingerprint density at radius 3 is 2.61 bits per heavy atom. The standard InChI is InChI=1S/C15H20FNO/c16-13-7-3-2-6-12(13)14-10-17-15(11-18-14)8-4-1-5-9-15/h2-3,6-7,14,17H,1,4-5,8-11H2. The molecular formula is C15H20FNO. The Hall–Kier alpha value is -0.930. The number of benzene rings is 1. The van der Waals surface area contributed by atoms with Crippen LogP contribution in [-0.2, 0) is 4.74 Å². The summed E-state index contributed by atoms with van der Waals surface area (Å²) < 4.78 is 19.6. The highest BCUT2D eigenvalue weighted by molar-refractivity contribution is 5.21. The second kappa shape index (κ2) is 4.98. The molecule has 0 aromatic heterocycles. The average Bonchev–Trinajstić information content (AvgIpc) is 2.42. The quantitative estimate of drug-likeness (QED) is 0.825. The van der Waals surface area contributed by atoms with Crippen molar-refractivity contribution in [3.8, 4) is 0 Å². The van der Waals surface area contributed by atoms with Crippen molar-refractivity contribution in [3.63, 3.8) is 0 Å². The van der Waals surface area contributed by atoms with Crippen LogP contribution in [0.2, 0.25) is 0 Å². The van der Waals surface area contributed by atoms with Crippen molar-refractivity contribution in [1.29, 1.82) is 0 Å². The minimum absolute atomic E-state index is 0.140. The molecular weight excluding hydrogens is 229 g/mol. The van der Waals surface area contributed by atoms with Gasteiger partial charge < -0.3 is 10.1 Å². The Morgan fingerprint density at radius 1 is 1.17 bits per heavy atom. The third kappa shape index (κ3) is 2.29. The normalized spacial score (nSPS) is 27.3. The van der Waals surface area contributed by atoms with Gasteiger partial charge in [0.25, 0.3) is 0 Å². The molecule has 1 aliphatic heterocycles. The van der Waals surface area contributed by atoms with Gasteiger partial charge in [0, 0.05) is 17.6 Å². The van der Waals surface area contributed by atoms with Crippen molar-refractivity contribution in [2.24, 2.45) is 0 Å². The van der Waals surface area contributed by atoms with Crippen LogP contribution in [0.15, 0.2) is 24.3 Å². The zero-order chi connectivity index (χ0) is 12.4. The number of hydrogen-bond acceptors (Lipinski definition) is 2. The summed E-state index contributed by atoms with van der Waals surface area (Å²) in [4.78, 5) is 0. The van der Waals surface area contributed by atoms with Crippen LogP contribution in [-0.4, -0.2) is 18.7 Å². The van der Waals surface area contributed by atoms with Gasteiger partial charge in [-0.05, 0) is 18.9 Å². The van der Waals surface area contributed by atoms with Crippen LogP contribution in [0.3, 0.4) is 0 Å². The first-order chi connectivity index (χ1) is 8.79. The van der Waals surface area contributed by atoms with E-state index < -0.39 is 0 Å². The summed E-state index contributed by atoms with van der Waals surface area (Å²) in [5.41, 5.74) is 0.843. The van der Waals surface area contributed by atoms with Crippen molar-refractivity contribution < 1.29 is 9.13 Å². The number of ether oxygens (including phenoxy) is 1. The summed E-state index contributed by atoms with van der Waals surface area (Å²) in [7, 11) is 0. The number of halogens is 1. The minimum Gasteiger partial charge on any atom is -0.370 e. The Kier molecular flexibility index (Phi) is 3.35. The highest BCUT2D eigenvalue weighted by Crippen LogP contribution is 2.34. The van der Waals surface area contributed by atoms with E-state index in [2.05, 4.69) is 5.32 Å². The SMILES string of the molecule is Fc1ccccc1C1CNC2(CCCCC2)CO1. The van der Waals surface area contributed by atoms with E-state index in [9.17, 15) is 4.39 Å². The van der Waals surface area contributed by atoms with Crippen LogP contribution < -0.4 is 5.32 Å². The Balaban J connectivity index is 1.68. The molecule has 3 heteroatoms. The molecule has 1 aliphatic carbocycles. The first-order valence-corrected chi connectivity index (χ1v) is 6.90. The first-order valence-electron chi connectivity index (χ1n) is 6.90. The largest absolute Gasteiger partial charge is 0.370 e. The van der Waals surface area contributed by atoms with Gasteiger partial charge in [0.15, 0.2) is 0 Å². The van der Waals surface area contributed by atoms with Crippen molar-refractivity contribution in [2.75, 3.05) is 13.2 Å². The predicted octanol–water partition coefficient (Wildman–Crippen LogP) is 3.19. The lowest BCUT2D eigenvalue weighted by atomic mass is 9.81. The van der Waals surface area contributed by atoms with Crippen LogP contribution in [0.25, 0.3) is 0 Å². The topological polar surface area (TPSA) is 21.3 Å². The van der Waals surface area contributed by atoms with E-state index >= 15 is 0 Å². The summed E-state index contributed by atoms with van der Waals surface area (Å²) in [5.74, 6) is -0.163. The van der Waals surface area contributed by atoms with Crippen molar-refractivity contribution in [3.05, 3.63) is 35.6 Å². The van der Waals surface area contributed by atoms with Crippen LogP contribution in [0.5, 0.6) is 0 Å². The van der Waals surface area contributed by atoms with Crippen molar-refractivity contribution in [1.82, 2.24) is 5.32 Å². The van der Waals surface area contributed by atoms with Gasteiger partial charge in [-0.3, -0.25) is 0 Å². The lowest BCUT2D eigenvalue weighted by Gasteiger charge is -2.43. The maximum absolute atomic E-state index is 13.7. The van der Waals surface area contributed by atoms with Gasteiger partial charge in [0.1, 0.15) is 5.82 Å². The van der Waals surface area contributed by atoms with Crippen molar-refractivity contribution >= 4 is 0 Å². The molecule has 1 saturated carbocycles. The van der Waals surface area contributed by atoms with E-state index in [1.54, 1.807) is 6.07 Å². The van der Waals surface area contributed by atoms with Crippen LogP contribution in [0.4, 0.5) is 4.39 Å². The summed E-state index contributed by atoms with van der Waals surface area (Å²) in [5, 5.41) is 3.62. The van der Waals surface area contributed by atoms with Gasteiger partial charge >= 0.3 is 0 Å². The van der Waals surface area contributed by atoms with Gasteiger partial charge in [-0.2, -0.15) is 0 Å². The number of rotatable bonds is 1. The van der Waals surface area contributed by atoms with Crippen molar-refractivity contribution in [2.45, 2.75) is 43.7 Å². The third-order valence-electron chi connectivity index (χ3n) is 4.29. The Morgan fingerprint density at radius 2 is 1.94 bits per heavy atom. The molecule has 98 valence electrons. The number of hydrogen-bond donors (Lipinski definition) is 1. The predicted molar refractivity (Wildman–Crippen MR) is 68.9 cm³/mol. The zero-order valence-electron chi connectivity index (χ0n) is 10.6. The second-order valence-electron chi connectivity index (χ2n) is 5.54. The lowest BCUT2D eigenvalue weighted by molar-refractivity contribution is -0.0479. The Bertz CT molecular complexity index is 405. The molecule has 1 N–H and O–H groups in total. The summed E-state index contributed by atoms with van der Waals surface area (Å²) in [6.07, 6.45) is 6.13. The fourth-order valence-corrected chi connectivity index (χ4v) is 3.16. The van der Waals surface area contributed by atoms with E-state index in [-0.39, 0.29) is 17.5 Å². The average molecular weight is 249 g/mol. The molecule has 1 saturated heterocycles. The van der Waals surface area contributed by atoms with Crippen LogP contribution in [0.1, 0.15) is 43.8 Å². The van der Waals surface area contributed by atoms with E-state index in [0.29, 0.717) is 12.2 Å². The molecule has 1 spiro atoms. The maximum atomic E-state index is 13.7. The fraction of sp³-hybridized carbons (Fsp3) is 0.600. The summed E-state index contributed by atoms with van der Waals surface area (Å²) >= 11 is 0. The van der Waals surface area contributed by atoms with Gasteiger partial charge in [-0.15, -0.1) is 0 Å². The summed E-state index contributed by atoms with van der Waals surface area (Å²) in [6.45, 7) is 1.44. The van der Waals surface area contributed by atoms with E-state index in [1.807, 2.05) is 12.1 Å². The molecule has 1 heterocycles. The number of nitrogens with one attached hydrogen (secondary N) is 1. The van der Waals surface area contributed by atoms with Gasteiger partial charge in [0.2, 0.25) is 0 Å². The molecule has 1 unspecified atom stereocenters. The highest BCUT2D eigenvalue weighted by Gasteiger charge is 2.37. The molecule has 0 radical (unpaired) electrons. The lowest BCUT2D eigenvalue weighted by Crippen LogP contribution is -2.55. The molecule has 2 nitrogen and oxygen atoms in total. The molecule has 0 bridgehead atoms.